The van der Waals surface area contributed by atoms with Gasteiger partial charge in [0.1, 0.15) is 17.4 Å². The van der Waals surface area contributed by atoms with Crippen LogP contribution >= 0.6 is 11.6 Å². The predicted molar refractivity (Wildman–Crippen MR) is 113 cm³/mol. The fraction of sp³-hybridized carbons (Fsp3) is 0.182. The first kappa shape index (κ1) is 22.4. The summed E-state index contributed by atoms with van der Waals surface area (Å²) in [5.41, 5.74) is 6.56. The van der Waals surface area contributed by atoms with Crippen LogP contribution < -0.4 is 5.73 Å². The molecular formula is C22H19ClN2O5S. The van der Waals surface area contributed by atoms with Gasteiger partial charge >= 0.3 is 5.97 Å². The van der Waals surface area contributed by atoms with E-state index in [0.717, 1.165) is 0 Å². The van der Waals surface area contributed by atoms with E-state index in [1.807, 2.05) is 6.07 Å². The Kier molecular flexibility index (Phi) is 6.39. The van der Waals surface area contributed by atoms with E-state index in [9.17, 15) is 18.5 Å². The van der Waals surface area contributed by atoms with Gasteiger partial charge in [0.25, 0.3) is 0 Å². The Morgan fingerprint density at radius 3 is 2.23 bits per heavy atom. The predicted octanol–water partition coefficient (Wildman–Crippen LogP) is 3.82. The van der Waals surface area contributed by atoms with Crippen molar-refractivity contribution < 1.29 is 22.7 Å². The Balaban J connectivity index is 2.06. The van der Waals surface area contributed by atoms with Crippen molar-refractivity contribution in [2.24, 2.45) is 5.73 Å². The second-order valence-electron chi connectivity index (χ2n) is 6.64. The molecule has 3 rings (SSSR count). The topological polar surface area (TPSA) is 119 Å². The third-order valence-electron chi connectivity index (χ3n) is 4.75. The summed E-state index contributed by atoms with van der Waals surface area (Å²) in [6.07, 6.45) is 0. The quantitative estimate of drug-likeness (QED) is 0.676. The third kappa shape index (κ3) is 4.29. The molecule has 1 heterocycles. The molecule has 0 aromatic heterocycles. The van der Waals surface area contributed by atoms with Crippen molar-refractivity contribution >= 4 is 27.4 Å². The molecule has 0 bridgehead atoms. The average Bonchev–Trinajstić information content (AvgIpc) is 2.73. The molecule has 1 aliphatic rings. The Morgan fingerprint density at radius 2 is 1.71 bits per heavy atom. The smallest absolute Gasteiger partial charge is 0.338 e. The lowest BCUT2D eigenvalue weighted by Gasteiger charge is -2.26. The molecule has 160 valence electrons. The highest BCUT2D eigenvalue weighted by Crippen LogP contribution is 2.40. The number of hydrogen-bond donors (Lipinski definition) is 1. The van der Waals surface area contributed by atoms with Gasteiger partial charge in [-0.15, -0.1) is 0 Å². The first-order valence-electron chi connectivity index (χ1n) is 9.26. The van der Waals surface area contributed by atoms with Crippen LogP contribution in [0.4, 0.5) is 0 Å². The zero-order chi connectivity index (χ0) is 22.8. The van der Waals surface area contributed by atoms with E-state index >= 15 is 0 Å². The Labute approximate surface area is 185 Å². The first-order chi connectivity index (χ1) is 14.7. The van der Waals surface area contributed by atoms with Gasteiger partial charge in [0, 0.05) is 5.02 Å². The molecule has 0 saturated heterocycles. The number of nitriles is 1. The third-order valence-corrected chi connectivity index (χ3v) is 6.79. The van der Waals surface area contributed by atoms with Gasteiger partial charge in [-0.2, -0.15) is 5.26 Å². The van der Waals surface area contributed by atoms with Crippen LogP contribution in [0.3, 0.4) is 0 Å². The van der Waals surface area contributed by atoms with Crippen molar-refractivity contribution in [2.75, 3.05) is 6.61 Å². The van der Waals surface area contributed by atoms with Crippen molar-refractivity contribution in [1.29, 1.82) is 5.26 Å². The minimum atomic E-state index is -3.77. The summed E-state index contributed by atoms with van der Waals surface area (Å²) < 4.78 is 36.3. The van der Waals surface area contributed by atoms with Crippen molar-refractivity contribution in [3.63, 3.8) is 0 Å². The molecule has 0 amide bonds. The van der Waals surface area contributed by atoms with Crippen LogP contribution in [-0.4, -0.2) is 21.0 Å². The summed E-state index contributed by atoms with van der Waals surface area (Å²) in [4.78, 5) is 12.7. The summed E-state index contributed by atoms with van der Waals surface area (Å²) in [5.74, 6) is -1.37. The summed E-state index contributed by atoms with van der Waals surface area (Å²) in [5, 5.41) is 10.0. The summed E-state index contributed by atoms with van der Waals surface area (Å²) in [7, 11) is -3.77. The number of nitrogens with zero attached hydrogens (tertiary/aromatic N) is 1. The van der Waals surface area contributed by atoms with E-state index in [1.165, 1.54) is 48.5 Å². The van der Waals surface area contributed by atoms with Crippen LogP contribution in [0.25, 0.3) is 0 Å². The number of esters is 1. The maximum Gasteiger partial charge on any atom is 0.338 e. The number of carbonyl (C=O) groups is 1. The van der Waals surface area contributed by atoms with Crippen molar-refractivity contribution in [3.8, 4) is 6.07 Å². The number of carbonyl (C=O) groups excluding carboxylic acids is 1. The Hall–Kier alpha value is -3.28. The van der Waals surface area contributed by atoms with Gasteiger partial charge in [0.15, 0.2) is 0 Å². The summed E-state index contributed by atoms with van der Waals surface area (Å²) >= 11 is 5.84. The SMILES string of the molecule is CCOC(=O)C1=C(C)OC(N)=C(C#N)C1c1ccc(S(=O)(=O)c2ccc(Cl)cc2)cc1. The lowest BCUT2D eigenvalue weighted by molar-refractivity contribution is -0.139. The lowest BCUT2D eigenvalue weighted by Crippen LogP contribution is -2.25. The maximum absolute atomic E-state index is 12.9. The zero-order valence-corrected chi connectivity index (χ0v) is 18.3. The monoisotopic (exact) mass is 458 g/mol. The first-order valence-corrected chi connectivity index (χ1v) is 11.1. The summed E-state index contributed by atoms with van der Waals surface area (Å²) in [6.45, 7) is 3.36. The molecular weight excluding hydrogens is 440 g/mol. The lowest BCUT2D eigenvalue weighted by atomic mass is 9.83. The van der Waals surface area contributed by atoms with Gasteiger partial charge < -0.3 is 15.2 Å². The number of sulfone groups is 1. The minimum Gasteiger partial charge on any atom is -0.463 e. The molecule has 2 aromatic carbocycles. The molecule has 0 radical (unpaired) electrons. The van der Waals surface area contributed by atoms with Crippen molar-refractivity contribution in [3.05, 3.63) is 81.9 Å². The number of benzene rings is 2. The largest absolute Gasteiger partial charge is 0.463 e. The second kappa shape index (κ2) is 8.84. The normalized spacial score (nSPS) is 16.5. The summed E-state index contributed by atoms with van der Waals surface area (Å²) in [6, 6.07) is 13.7. The van der Waals surface area contributed by atoms with Crippen molar-refractivity contribution in [2.45, 2.75) is 29.6 Å². The van der Waals surface area contributed by atoms with Gasteiger partial charge in [-0.3, -0.25) is 0 Å². The van der Waals surface area contributed by atoms with E-state index in [4.69, 9.17) is 26.8 Å². The number of hydrogen-bond acceptors (Lipinski definition) is 7. The van der Waals surface area contributed by atoms with E-state index in [2.05, 4.69) is 0 Å². The average molecular weight is 459 g/mol. The van der Waals surface area contributed by atoms with Crippen LogP contribution in [0.1, 0.15) is 25.3 Å². The number of nitrogens with two attached hydrogens (primary N) is 1. The molecule has 0 fully saturated rings. The maximum atomic E-state index is 12.9. The fourth-order valence-corrected chi connectivity index (χ4v) is 4.66. The standard InChI is InChI=1S/C22H19ClN2O5S/c1-3-29-22(26)19-13(2)30-21(25)18(12-24)20(19)14-4-8-16(9-5-14)31(27,28)17-10-6-15(23)7-11-17/h4-11,20H,3,25H2,1-2H3. The van der Waals surface area contributed by atoms with Crippen LogP contribution in [0.5, 0.6) is 0 Å². The van der Waals surface area contributed by atoms with Crippen LogP contribution in [0.15, 0.2) is 81.1 Å². The number of ether oxygens (including phenoxy) is 2. The zero-order valence-electron chi connectivity index (χ0n) is 16.8. The van der Waals surface area contributed by atoms with Gasteiger partial charge in [-0.05, 0) is 55.8 Å². The molecule has 0 aliphatic carbocycles. The number of halogens is 1. The molecule has 1 atom stereocenters. The molecule has 7 nitrogen and oxygen atoms in total. The minimum absolute atomic E-state index is 0.0435. The molecule has 2 N–H and O–H groups in total. The van der Waals surface area contributed by atoms with E-state index in [-0.39, 0.29) is 39.2 Å². The van der Waals surface area contributed by atoms with Gasteiger partial charge in [-0.25, -0.2) is 13.2 Å². The highest BCUT2D eigenvalue weighted by molar-refractivity contribution is 7.91. The highest BCUT2D eigenvalue weighted by atomic mass is 35.5. The van der Waals surface area contributed by atoms with Crippen LogP contribution in [0.2, 0.25) is 5.02 Å². The highest BCUT2D eigenvalue weighted by Gasteiger charge is 2.36. The van der Waals surface area contributed by atoms with Crippen LogP contribution in [0, 0.1) is 11.3 Å². The number of rotatable bonds is 5. The molecule has 31 heavy (non-hydrogen) atoms. The molecule has 1 aliphatic heterocycles. The Bertz CT molecular complexity index is 1220. The van der Waals surface area contributed by atoms with Gasteiger partial charge in [0.2, 0.25) is 15.7 Å². The Morgan fingerprint density at radius 1 is 1.16 bits per heavy atom. The molecule has 0 spiro atoms. The molecule has 9 heteroatoms. The molecule has 2 aromatic rings. The van der Waals surface area contributed by atoms with E-state index < -0.39 is 21.7 Å². The van der Waals surface area contributed by atoms with Crippen LogP contribution in [-0.2, 0) is 24.1 Å². The fourth-order valence-electron chi connectivity index (χ4n) is 3.28. The molecule has 1 unspecified atom stereocenters. The number of allylic oxidation sites excluding steroid dienone is 2. The second-order valence-corrected chi connectivity index (χ2v) is 9.03. The molecule has 0 saturated carbocycles. The van der Waals surface area contributed by atoms with Gasteiger partial charge in [-0.1, -0.05) is 23.7 Å². The van der Waals surface area contributed by atoms with Crippen molar-refractivity contribution in [1.82, 2.24) is 0 Å². The van der Waals surface area contributed by atoms with E-state index in [1.54, 1.807) is 13.8 Å². The van der Waals surface area contributed by atoms with Gasteiger partial charge in [0.05, 0.1) is 27.9 Å². The van der Waals surface area contributed by atoms with E-state index in [0.29, 0.717) is 10.6 Å².